The molecule has 1 aromatic rings. The normalized spacial score (nSPS) is 18.8. The van der Waals surface area contributed by atoms with Gasteiger partial charge in [0.25, 0.3) is 0 Å². The number of halogens is 4. The standard InChI is InChI=1S/C15H20F4N2O/c1-20(10-14(22)15(17,18)19)12-6-8-21(9-7-12)13-4-2-11(16)3-5-13/h2-5,12,14,22H,6-10H2,1H3/t14-/m0/s1. The van der Waals surface area contributed by atoms with Gasteiger partial charge in [-0.25, -0.2) is 4.39 Å². The highest BCUT2D eigenvalue weighted by Crippen LogP contribution is 2.25. The molecule has 7 heteroatoms. The van der Waals surface area contributed by atoms with Crippen molar-refractivity contribution in [3.63, 3.8) is 0 Å². The van der Waals surface area contributed by atoms with Gasteiger partial charge in [0.1, 0.15) is 5.82 Å². The van der Waals surface area contributed by atoms with Crippen LogP contribution >= 0.6 is 0 Å². The Kier molecular flexibility index (Phi) is 5.28. The number of nitrogens with zero attached hydrogens (tertiary/aromatic N) is 2. The zero-order chi connectivity index (χ0) is 16.3. The number of anilines is 1. The molecule has 1 N–H and O–H groups in total. The maximum Gasteiger partial charge on any atom is 0.415 e. The van der Waals surface area contributed by atoms with E-state index in [2.05, 4.69) is 4.90 Å². The van der Waals surface area contributed by atoms with E-state index in [9.17, 15) is 17.6 Å². The molecule has 1 aromatic carbocycles. The van der Waals surface area contributed by atoms with Crippen molar-refractivity contribution in [2.45, 2.75) is 31.2 Å². The molecule has 0 bridgehead atoms. The molecule has 2 rings (SSSR count). The minimum atomic E-state index is -4.58. The molecule has 1 atom stereocenters. The molecule has 1 heterocycles. The Morgan fingerprint density at radius 2 is 1.77 bits per heavy atom. The molecule has 0 aliphatic carbocycles. The van der Waals surface area contributed by atoms with Crippen LogP contribution in [0.2, 0.25) is 0 Å². The number of aliphatic hydroxyl groups excluding tert-OH is 1. The molecule has 1 fully saturated rings. The molecule has 1 aliphatic heterocycles. The highest BCUT2D eigenvalue weighted by molar-refractivity contribution is 5.46. The van der Waals surface area contributed by atoms with Gasteiger partial charge in [0.15, 0.2) is 6.10 Å². The second-order valence-electron chi connectivity index (χ2n) is 5.69. The molecule has 22 heavy (non-hydrogen) atoms. The number of piperidine rings is 1. The molecule has 1 saturated heterocycles. The Balaban J connectivity index is 1.85. The summed E-state index contributed by atoms with van der Waals surface area (Å²) >= 11 is 0. The summed E-state index contributed by atoms with van der Waals surface area (Å²) in [5, 5.41) is 9.13. The molecule has 0 saturated carbocycles. The minimum absolute atomic E-state index is 0.00805. The molecule has 1 aliphatic rings. The number of alkyl halides is 3. The molecular weight excluding hydrogens is 300 g/mol. The van der Waals surface area contributed by atoms with Crippen LogP contribution in [0.25, 0.3) is 0 Å². The second kappa shape index (κ2) is 6.83. The van der Waals surface area contributed by atoms with Gasteiger partial charge in [-0.05, 0) is 44.2 Å². The van der Waals surface area contributed by atoms with Gasteiger partial charge in [-0.15, -0.1) is 0 Å². The highest BCUT2D eigenvalue weighted by Gasteiger charge is 2.39. The molecule has 124 valence electrons. The summed E-state index contributed by atoms with van der Waals surface area (Å²) in [5.41, 5.74) is 0.915. The van der Waals surface area contributed by atoms with E-state index in [0.717, 1.165) is 5.69 Å². The van der Waals surface area contributed by atoms with Gasteiger partial charge < -0.3 is 14.9 Å². The van der Waals surface area contributed by atoms with Crippen molar-refractivity contribution in [1.29, 1.82) is 0 Å². The zero-order valence-corrected chi connectivity index (χ0v) is 12.4. The largest absolute Gasteiger partial charge is 0.415 e. The molecule has 3 nitrogen and oxygen atoms in total. The van der Waals surface area contributed by atoms with Crippen LogP contribution in [0.3, 0.4) is 0 Å². The van der Waals surface area contributed by atoms with E-state index < -0.39 is 18.8 Å². The fourth-order valence-electron chi connectivity index (χ4n) is 2.74. The molecule has 0 unspecified atom stereocenters. The van der Waals surface area contributed by atoms with Crippen molar-refractivity contribution in [2.75, 3.05) is 31.6 Å². The molecular formula is C15H20F4N2O. The summed E-state index contributed by atoms with van der Waals surface area (Å²) in [6.45, 7) is 0.982. The predicted octanol–water partition coefficient (Wildman–Crippen LogP) is 2.65. The van der Waals surface area contributed by atoms with Crippen LogP contribution in [0.4, 0.5) is 23.2 Å². The Morgan fingerprint density at radius 1 is 1.23 bits per heavy atom. The number of hydrogen-bond acceptors (Lipinski definition) is 3. The Bertz CT molecular complexity index is 469. The van der Waals surface area contributed by atoms with Crippen molar-refractivity contribution in [1.82, 2.24) is 4.90 Å². The number of rotatable bonds is 4. The van der Waals surface area contributed by atoms with Gasteiger partial charge in [-0.3, -0.25) is 0 Å². The molecule has 0 spiro atoms. The summed E-state index contributed by atoms with van der Waals surface area (Å²) in [5.74, 6) is -0.292. The number of benzene rings is 1. The van der Waals surface area contributed by atoms with Gasteiger partial charge in [-0.1, -0.05) is 0 Å². The second-order valence-corrected chi connectivity index (χ2v) is 5.69. The fourth-order valence-corrected chi connectivity index (χ4v) is 2.74. The summed E-state index contributed by atoms with van der Waals surface area (Å²) in [6, 6.07) is 6.20. The van der Waals surface area contributed by atoms with E-state index in [1.807, 2.05) is 0 Å². The topological polar surface area (TPSA) is 26.7 Å². The maximum absolute atomic E-state index is 12.9. The third-order valence-electron chi connectivity index (χ3n) is 4.12. The number of likely N-dealkylation sites (N-methyl/N-ethyl adjacent to an activating group) is 1. The van der Waals surface area contributed by atoms with E-state index in [1.165, 1.54) is 12.1 Å². The van der Waals surface area contributed by atoms with E-state index in [0.29, 0.717) is 25.9 Å². The SMILES string of the molecule is CN(C[C@H](O)C(F)(F)F)C1CCN(c2ccc(F)cc2)CC1. The van der Waals surface area contributed by atoms with Gasteiger partial charge >= 0.3 is 6.18 Å². The maximum atomic E-state index is 12.9. The Labute approximate surface area is 127 Å². The van der Waals surface area contributed by atoms with Crippen molar-refractivity contribution in [3.05, 3.63) is 30.1 Å². The van der Waals surface area contributed by atoms with Gasteiger partial charge in [0, 0.05) is 31.4 Å². The summed E-state index contributed by atoms with van der Waals surface area (Å²) in [4.78, 5) is 3.66. The van der Waals surface area contributed by atoms with Crippen molar-refractivity contribution < 1.29 is 22.7 Å². The minimum Gasteiger partial charge on any atom is -0.382 e. The average molecular weight is 320 g/mol. The summed E-state index contributed by atoms with van der Waals surface area (Å²) in [7, 11) is 1.60. The predicted molar refractivity (Wildman–Crippen MR) is 76.3 cm³/mol. The third kappa shape index (κ3) is 4.33. The Morgan fingerprint density at radius 3 is 2.27 bits per heavy atom. The van der Waals surface area contributed by atoms with E-state index in [-0.39, 0.29) is 11.9 Å². The fraction of sp³-hybridized carbons (Fsp3) is 0.600. The van der Waals surface area contributed by atoms with Crippen LogP contribution in [0, 0.1) is 5.82 Å². The van der Waals surface area contributed by atoms with Crippen molar-refractivity contribution >= 4 is 5.69 Å². The van der Waals surface area contributed by atoms with E-state index >= 15 is 0 Å². The molecule has 0 radical (unpaired) electrons. The van der Waals surface area contributed by atoms with Crippen LogP contribution in [0.15, 0.2) is 24.3 Å². The van der Waals surface area contributed by atoms with Gasteiger partial charge in [0.05, 0.1) is 0 Å². The lowest BCUT2D eigenvalue weighted by molar-refractivity contribution is -0.208. The lowest BCUT2D eigenvalue weighted by atomic mass is 10.0. The van der Waals surface area contributed by atoms with Gasteiger partial charge in [-0.2, -0.15) is 13.2 Å². The smallest absolute Gasteiger partial charge is 0.382 e. The first-order valence-corrected chi connectivity index (χ1v) is 7.23. The van der Waals surface area contributed by atoms with Crippen molar-refractivity contribution in [2.24, 2.45) is 0 Å². The monoisotopic (exact) mass is 320 g/mol. The van der Waals surface area contributed by atoms with Crippen LogP contribution in [-0.4, -0.2) is 55.0 Å². The first-order valence-electron chi connectivity index (χ1n) is 7.23. The lowest BCUT2D eigenvalue weighted by Crippen LogP contribution is -2.48. The summed E-state index contributed by atoms with van der Waals surface area (Å²) in [6.07, 6.45) is -5.48. The van der Waals surface area contributed by atoms with E-state index in [4.69, 9.17) is 5.11 Å². The first-order chi connectivity index (χ1) is 10.3. The average Bonchev–Trinajstić information content (AvgIpc) is 2.47. The van der Waals surface area contributed by atoms with Crippen LogP contribution in [-0.2, 0) is 0 Å². The van der Waals surface area contributed by atoms with Crippen LogP contribution in [0.1, 0.15) is 12.8 Å². The highest BCUT2D eigenvalue weighted by atomic mass is 19.4. The van der Waals surface area contributed by atoms with Gasteiger partial charge in [0.2, 0.25) is 0 Å². The number of aliphatic hydroxyl groups is 1. The van der Waals surface area contributed by atoms with Crippen molar-refractivity contribution in [3.8, 4) is 0 Å². The molecule has 0 aromatic heterocycles. The van der Waals surface area contributed by atoms with Crippen LogP contribution in [0.5, 0.6) is 0 Å². The summed E-state index contributed by atoms with van der Waals surface area (Å²) < 4.78 is 50.0. The lowest BCUT2D eigenvalue weighted by Gasteiger charge is -2.38. The third-order valence-corrected chi connectivity index (χ3v) is 4.12. The zero-order valence-electron chi connectivity index (χ0n) is 12.4. The first kappa shape index (κ1) is 17.0. The van der Waals surface area contributed by atoms with E-state index in [1.54, 1.807) is 24.1 Å². The van der Waals surface area contributed by atoms with Crippen LogP contribution < -0.4 is 4.90 Å². The molecule has 0 amide bonds. The Hall–Kier alpha value is -1.34. The quantitative estimate of drug-likeness (QED) is 0.864. The number of hydrogen-bond donors (Lipinski definition) is 1.